The fourth-order valence-electron chi connectivity index (χ4n) is 8.67. The van der Waals surface area contributed by atoms with Gasteiger partial charge >= 0.3 is 0 Å². The van der Waals surface area contributed by atoms with E-state index in [-0.39, 0.29) is 34.6 Å². The molecule has 2 N–H and O–H groups in total. The molecule has 0 spiro atoms. The normalized spacial score (nSPS) is 34.6. The molecule has 2 saturated carbocycles. The van der Waals surface area contributed by atoms with Crippen molar-refractivity contribution in [1.29, 1.82) is 0 Å². The molecule has 2 aromatic carbocycles. The number of carbonyl (C=O) groups excluding carboxylic acids is 2. The van der Waals surface area contributed by atoms with Crippen LogP contribution in [-0.4, -0.2) is 18.9 Å². The van der Waals surface area contributed by atoms with Gasteiger partial charge in [-0.2, -0.15) is 0 Å². The summed E-state index contributed by atoms with van der Waals surface area (Å²) in [6.45, 7) is 4.76. The lowest BCUT2D eigenvalue weighted by molar-refractivity contribution is -0.133. The number of carbonyl (C=O) groups is 2. The molecule has 3 fully saturated rings. The van der Waals surface area contributed by atoms with Crippen LogP contribution >= 0.6 is 0 Å². The molecule has 38 heavy (non-hydrogen) atoms. The van der Waals surface area contributed by atoms with E-state index < -0.39 is 0 Å². The number of hydrogen-bond acceptors (Lipinski definition) is 3. The fourth-order valence-corrected chi connectivity index (χ4v) is 8.67. The molecule has 6 rings (SSSR count). The van der Waals surface area contributed by atoms with Crippen LogP contribution in [0.1, 0.15) is 76.0 Å². The lowest BCUT2D eigenvalue weighted by Crippen LogP contribution is -2.54. The number of ether oxygens (including phenoxy) is 1. The maximum Gasteiger partial charge on any atom is 0.224 e. The molecule has 1 saturated heterocycles. The molecule has 0 radical (unpaired) electrons. The summed E-state index contributed by atoms with van der Waals surface area (Å²) >= 11 is 0. The van der Waals surface area contributed by atoms with Crippen LogP contribution < -0.4 is 15.4 Å². The number of piperidine rings is 1. The van der Waals surface area contributed by atoms with Gasteiger partial charge in [0.1, 0.15) is 5.75 Å². The summed E-state index contributed by atoms with van der Waals surface area (Å²) in [6.07, 6.45) is 9.16. The number of amides is 2. The Morgan fingerprint density at radius 2 is 1.71 bits per heavy atom. The third-order valence-corrected chi connectivity index (χ3v) is 10.8. The molecule has 0 aromatic heterocycles. The fraction of sp³-hybridized carbons (Fsp3) is 0.515. The molecule has 5 heteroatoms. The minimum Gasteiger partial charge on any atom is -0.497 e. The Morgan fingerprint density at radius 3 is 2.45 bits per heavy atom. The first kappa shape index (κ1) is 25.2. The van der Waals surface area contributed by atoms with Crippen LogP contribution in [0.4, 0.5) is 0 Å². The first-order valence-corrected chi connectivity index (χ1v) is 14.3. The smallest absolute Gasteiger partial charge is 0.224 e. The zero-order valence-electron chi connectivity index (χ0n) is 22.8. The van der Waals surface area contributed by atoms with Crippen LogP contribution in [0.15, 0.2) is 66.4 Å². The van der Waals surface area contributed by atoms with Crippen molar-refractivity contribution in [2.24, 2.45) is 34.5 Å². The third-order valence-electron chi connectivity index (χ3n) is 10.8. The van der Waals surface area contributed by atoms with E-state index in [1.807, 2.05) is 30.3 Å². The van der Waals surface area contributed by atoms with Crippen LogP contribution in [0.2, 0.25) is 0 Å². The quantitative estimate of drug-likeness (QED) is 0.504. The molecular weight excluding hydrogens is 472 g/mol. The second kappa shape index (κ2) is 9.59. The summed E-state index contributed by atoms with van der Waals surface area (Å²) < 4.78 is 5.37. The van der Waals surface area contributed by atoms with Gasteiger partial charge in [-0.25, -0.2) is 0 Å². The number of fused-ring (bicyclic) bond motifs is 5. The highest BCUT2D eigenvalue weighted by Gasteiger charge is 2.60. The third kappa shape index (κ3) is 4.06. The predicted molar refractivity (Wildman–Crippen MR) is 148 cm³/mol. The standard InChI is InChI=1S/C33H40N2O3/c1-32-19-17-26-24(13-16-28-33(26,2)20-18-29(36)34-28)25(32)14-15-27(32)31(37)35-30(21-7-5-4-6-8-21)22-9-11-23(38-3)12-10-22/h4-12,16,24-27,30H,13-15,17-20H2,1-3H3,(H,34,36)(H,35,37)/t24-,25-,26+,27?,30?,32-,33+/m0/s1. The second-order valence-corrected chi connectivity index (χ2v) is 12.5. The van der Waals surface area contributed by atoms with Gasteiger partial charge in [-0.1, -0.05) is 62.4 Å². The van der Waals surface area contributed by atoms with Crippen molar-refractivity contribution in [3.05, 3.63) is 77.5 Å². The molecule has 200 valence electrons. The van der Waals surface area contributed by atoms with Crippen molar-refractivity contribution in [1.82, 2.24) is 10.6 Å². The Kier molecular flexibility index (Phi) is 6.36. The number of nitrogens with one attached hydrogen (secondary N) is 2. The highest BCUT2D eigenvalue weighted by Crippen LogP contribution is 2.65. The van der Waals surface area contributed by atoms with Crippen LogP contribution in [-0.2, 0) is 9.59 Å². The molecule has 0 bridgehead atoms. The lowest BCUT2D eigenvalue weighted by atomic mass is 9.49. The number of benzene rings is 2. The van der Waals surface area contributed by atoms with E-state index in [1.54, 1.807) is 7.11 Å². The average molecular weight is 513 g/mol. The van der Waals surface area contributed by atoms with Crippen LogP contribution in [0.3, 0.4) is 0 Å². The Labute approximate surface area is 226 Å². The van der Waals surface area contributed by atoms with Crippen LogP contribution in [0.5, 0.6) is 5.75 Å². The predicted octanol–water partition coefficient (Wildman–Crippen LogP) is 6.16. The van der Waals surface area contributed by atoms with Crippen molar-refractivity contribution >= 4 is 11.8 Å². The van der Waals surface area contributed by atoms with Gasteiger partial charge in [-0.05, 0) is 85.0 Å². The topological polar surface area (TPSA) is 67.4 Å². The molecule has 3 aliphatic carbocycles. The van der Waals surface area contributed by atoms with Crippen molar-refractivity contribution in [3.63, 3.8) is 0 Å². The van der Waals surface area contributed by atoms with E-state index in [4.69, 9.17) is 4.74 Å². The monoisotopic (exact) mass is 512 g/mol. The van der Waals surface area contributed by atoms with Gasteiger partial charge in [-0.3, -0.25) is 9.59 Å². The van der Waals surface area contributed by atoms with E-state index in [1.165, 1.54) is 0 Å². The van der Waals surface area contributed by atoms with E-state index in [0.717, 1.165) is 61.1 Å². The van der Waals surface area contributed by atoms with E-state index in [9.17, 15) is 9.59 Å². The molecule has 5 nitrogen and oxygen atoms in total. The minimum atomic E-state index is -0.196. The molecule has 2 unspecified atom stereocenters. The largest absolute Gasteiger partial charge is 0.497 e. The van der Waals surface area contributed by atoms with Crippen LogP contribution in [0, 0.1) is 34.5 Å². The van der Waals surface area contributed by atoms with Gasteiger partial charge in [0.25, 0.3) is 0 Å². The van der Waals surface area contributed by atoms with Gasteiger partial charge in [0.2, 0.25) is 11.8 Å². The molecule has 1 heterocycles. The number of rotatable bonds is 5. The highest BCUT2D eigenvalue weighted by atomic mass is 16.5. The Balaban J connectivity index is 1.24. The van der Waals surface area contributed by atoms with Gasteiger partial charge in [-0.15, -0.1) is 0 Å². The lowest BCUT2D eigenvalue weighted by Gasteiger charge is -2.57. The summed E-state index contributed by atoms with van der Waals surface area (Å²) in [5.41, 5.74) is 3.38. The number of allylic oxidation sites excluding steroid dienone is 2. The first-order chi connectivity index (χ1) is 18.3. The zero-order valence-corrected chi connectivity index (χ0v) is 22.8. The minimum absolute atomic E-state index is 0.00597. The summed E-state index contributed by atoms with van der Waals surface area (Å²) in [4.78, 5) is 26.2. The van der Waals surface area contributed by atoms with E-state index in [0.29, 0.717) is 24.2 Å². The van der Waals surface area contributed by atoms with Gasteiger partial charge in [0, 0.05) is 23.5 Å². The molecule has 7 atom stereocenters. The SMILES string of the molecule is COc1ccc(C(NC(=O)C2CC[C@H]3[C@@H]4CC=C5NC(=O)CC[C@]5(C)[C@@H]4CC[C@]23C)c2ccccc2)cc1. The molecule has 1 aliphatic heterocycles. The molecule has 4 aliphatic rings. The highest BCUT2D eigenvalue weighted by molar-refractivity contribution is 5.81. The van der Waals surface area contributed by atoms with Crippen molar-refractivity contribution < 1.29 is 14.3 Å². The Hall–Kier alpha value is -3.08. The Morgan fingerprint density at radius 1 is 0.974 bits per heavy atom. The molecule has 2 aromatic rings. The summed E-state index contributed by atoms with van der Waals surface area (Å²) in [5, 5.41) is 6.68. The van der Waals surface area contributed by atoms with E-state index >= 15 is 0 Å². The van der Waals surface area contributed by atoms with E-state index in [2.05, 4.69) is 54.8 Å². The second-order valence-electron chi connectivity index (χ2n) is 12.5. The number of hydrogen-bond donors (Lipinski definition) is 2. The maximum absolute atomic E-state index is 14.1. The summed E-state index contributed by atoms with van der Waals surface area (Å²) in [6, 6.07) is 18.1. The van der Waals surface area contributed by atoms with Gasteiger partial charge < -0.3 is 15.4 Å². The summed E-state index contributed by atoms with van der Waals surface area (Å²) in [7, 11) is 1.67. The Bertz CT molecular complexity index is 1240. The number of methoxy groups -OCH3 is 1. The molecule has 2 amide bonds. The van der Waals surface area contributed by atoms with Gasteiger partial charge in [0.15, 0.2) is 0 Å². The van der Waals surface area contributed by atoms with Crippen LogP contribution in [0.25, 0.3) is 0 Å². The zero-order chi connectivity index (χ0) is 26.5. The van der Waals surface area contributed by atoms with Crippen molar-refractivity contribution in [3.8, 4) is 5.75 Å². The first-order valence-electron chi connectivity index (χ1n) is 14.3. The summed E-state index contributed by atoms with van der Waals surface area (Å²) in [5.74, 6) is 2.88. The maximum atomic E-state index is 14.1. The average Bonchev–Trinajstić information content (AvgIpc) is 3.30. The van der Waals surface area contributed by atoms with Crippen molar-refractivity contribution in [2.75, 3.05) is 7.11 Å². The van der Waals surface area contributed by atoms with Crippen molar-refractivity contribution in [2.45, 2.75) is 64.8 Å². The van der Waals surface area contributed by atoms with Gasteiger partial charge in [0.05, 0.1) is 13.2 Å². The molecular formula is C33H40N2O3.